The van der Waals surface area contributed by atoms with E-state index in [2.05, 4.69) is 29.6 Å². The van der Waals surface area contributed by atoms with Crippen molar-refractivity contribution in [2.24, 2.45) is 0 Å². The smallest absolute Gasteiger partial charge is 0.261 e. The van der Waals surface area contributed by atoms with Crippen LogP contribution in [0.5, 0.6) is 5.75 Å². The van der Waals surface area contributed by atoms with Gasteiger partial charge in [0, 0.05) is 0 Å². The van der Waals surface area contributed by atoms with Crippen molar-refractivity contribution >= 4 is 16.7 Å². The number of benzene rings is 3. The Labute approximate surface area is 169 Å². The molecule has 0 bridgehead atoms. The lowest BCUT2D eigenvalue weighted by molar-refractivity contribution is -0.196. The third-order valence-corrected chi connectivity index (χ3v) is 5.72. The molecule has 2 heterocycles. The molecule has 1 spiro atoms. The van der Waals surface area contributed by atoms with E-state index in [9.17, 15) is 4.79 Å². The minimum atomic E-state index is -0.903. The number of amides is 1. The predicted octanol–water partition coefficient (Wildman–Crippen LogP) is 4.07. The molecular formula is C24H23NO4. The van der Waals surface area contributed by atoms with Crippen LogP contribution in [0.25, 0.3) is 10.8 Å². The van der Waals surface area contributed by atoms with Crippen molar-refractivity contribution in [3.8, 4) is 5.75 Å². The van der Waals surface area contributed by atoms with Crippen LogP contribution >= 0.6 is 0 Å². The summed E-state index contributed by atoms with van der Waals surface area (Å²) in [5, 5.41) is 5.41. The number of hydrogen-bond donors (Lipinski definition) is 1. The van der Waals surface area contributed by atoms with Gasteiger partial charge in [0.05, 0.1) is 31.2 Å². The highest BCUT2D eigenvalue weighted by Crippen LogP contribution is 2.45. The fourth-order valence-electron chi connectivity index (χ4n) is 4.32. The van der Waals surface area contributed by atoms with E-state index in [0.717, 1.165) is 21.9 Å². The largest absolute Gasteiger partial charge is 0.480 e. The molecule has 148 valence electrons. The van der Waals surface area contributed by atoms with E-state index in [4.69, 9.17) is 14.2 Å². The summed E-state index contributed by atoms with van der Waals surface area (Å²) in [6.07, 6.45) is -0.349. The molecule has 5 heteroatoms. The molecule has 5 rings (SSSR count). The average Bonchev–Trinajstić information content (AvgIpc) is 3.22. The molecule has 1 fully saturated rings. The van der Waals surface area contributed by atoms with Gasteiger partial charge in [-0.1, -0.05) is 54.6 Å². The molecule has 29 heavy (non-hydrogen) atoms. The van der Waals surface area contributed by atoms with Crippen LogP contribution in [0.1, 0.15) is 30.5 Å². The van der Waals surface area contributed by atoms with Gasteiger partial charge in [0.25, 0.3) is 5.91 Å². The van der Waals surface area contributed by atoms with E-state index < -0.39 is 11.9 Å². The lowest BCUT2D eigenvalue weighted by Gasteiger charge is -2.37. The van der Waals surface area contributed by atoms with E-state index in [0.29, 0.717) is 25.4 Å². The Hall–Kier alpha value is -2.89. The number of hydrogen-bond acceptors (Lipinski definition) is 4. The van der Waals surface area contributed by atoms with Crippen molar-refractivity contribution in [1.29, 1.82) is 0 Å². The van der Waals surface area contributed by atoms with E-state index in [1.54, 1.807) is 0 Å². The summed E-state index contributed by atoms with van der Waals surface area (Å²) in [6.45, 7) is 3.01. The van der Waals surface area contributed by atoms with Crippen molar-refractivity contribution in [2.75, 3.05) is 13.2 Å². The number of fused-ring (bicyclic) bond motifs is 3. The number of ether oxygens (including phenoxy) is 3. The Bertz CT molecular complexity index is 1050. The molecule has 2 atom stereocenters. The molecule has 1 amide bonds. The van der Waals surface area contributed by atoms with Crippen molar-refractivity contribution in [2.45, 2.75) is 31.3 Å². The van der Waals surface area contributed by atoms with Crippen LogP contribution in [-0.2, 0) is 20.1 Å². The zero-order chi connectivity index (χ0) is 19.8. The van der Waals surface area contributed by atoms with E-state index in [1.165, 1.54) is 0 Å². The summed E-state index contributed by atoms with van der Waals surface area (Å²) in [5.74, 6) is -0.434. The summed E-state index contributed by atoms with van der Waals surface area (Å²) in [5.41, 5.74) is 1.93. The molecule has 2 aliphatic rings. The zero-order valence-electron chi connectivity index (χ0n) is 16.3. The van der Waals surface area contributed by atoms with Gasteiger partial charge in [-0.05, 0) is 35.4 Å². The topological polar surface area (TPSA) is 56.8 Å². The van der Waals surface area contributed by atoms with E-state index in [1.807, 2.05) is 49.4 Å². The molecule has 3 aromatic rings. The highest BCUT2D eigenvalue weighted by atomic mass is 16.7. The molecule has 0 aliphatic carbocycles. The summed E-state index contributed by atoms with van der Waals surface area (Å²) in [6, 6.07) is 21.8. The van der Waals surface area contributed by atoms with Gasteiger partial charge < -0.3 is 19.5 Å². The second kappa shape index (κ2) is 7.17. The number of rotatable bonds is 3. The molecule has 0 radical (unpaired) electrons. The fraction of sp³-hybridized carbons (Fsp3) is 0.292. The molecule has 3 aromatic carbocycles. The highest BCUT2D eigenvalue weighted by Gasteiger charge is 2.48. The lowest BCUT2D eigenvalue weighted by atomic mass is 9.94. The maximum atomic E-state index is 13.1. The standard InChI is InChI=1S/C24H23NO4/c1-16(18-10-6-8-17-7-2-3-9-19(17)18)25-23(26)22-15-24(27-13-14-28-24)20-11-4-5-12-21(20)29-22/h2-12,16,22H,13-15H2,1H3,(H,25,26)/t16-,22-/m1/s1. The van der Waals surface area contributed by atoms with Crippen LogP contribution in [0.15, 0.2) is 66.7 Å². The number of nitrogens with one attached hydrogen (secondary N) is 1. The molecule has 0 aromatic heterocycles. The summed E-state index contributed by atoms with van der Waals surface area (Å²) < 4.78 is 17.9. The van der Waals surface area contributed by atoms with Gasteiger partial charge in [-0.2, -0.15) is 0 Å². The van der Waals surface area contributed by atoms with E-state index in [-0.39, 0.29) is 11.9 Å². The summed E-state index contributed by atoms with van der Waals surface area (Å²) >= 11 is 0. The van der Waals surface area contributed by atoms with Crippen LogP contribution in [0.2, 0.25) is 0 Å². The fourth-order valence-corrected chi connectivity index (χ4v) is 4.32. The molecule has 1 saturated heterocycles. The monoisotopic (exact) mass is 389 g/mol. The Kier molecular flexibility index (Phi) is 4.49. The van der Waals surface area contributed by atoms with Crippen LogP contribution < -0.4 is 10.1 Å². The van der Waals surface area contributed by atoms with Crippen molar-refractivity contribution in [3.63, 3.8) is 0 Å². The molecular weight excluding hydrogens is 366 g/mol. The summed E-state index contributed by atoms with van der Waals surface area (Å²) in [7, 11) is 0. The lowest BCUT2D eigenvalue weighted by Crippen LogP contribution is -2.47. The van der Waals surface area contributed by atoms with Crippen LogP contribution in [0, 0.1) is 0 Å². The molecule has 1 N–H and O–H groups in total. The Morgan fingerprint density at radius 3 is 2.59 bits per heavy atom. The maximum absolute atomic E-state index is 13.1. The molecule has 2 aliphatic heterocycles. The Morgan fingerprint density at radius 1 is 1.00 bits per heavy atom. The normalized spacial score (nSPS) is 20.8. The Balaban J connectivity index is 1.40. The predicted molar refractivity (Wildman–Crippen MR) is 110 cm³/mol. The third kappa shape index (κ3) is 3.16. The average molecular weight is 389 g/mol. The van der Waals surface area contributed by atoms with Gasteiger partial charge in [-0.15, -0.1) is 0 Å². The van der Waals surface area contributed by atoms with Crippen molar-refractivity contribution in [1.82, 2.24) is 5.32 Å². The highest BCUT2D eigenvalue weighted by molar-refractivity contribution is 5.87. The molecule has 0 unspecified atom stereocenters. The second-order valence-corrected chi connectivity index (χ2v) is 7.56. The first kappa shape index (κ1) is 18.2. The van der Waals surface area contributed by atoms with Crippen LogP contribution in [-0.4, -0.2) is 25.2 Å². The zero-order valence-corrected chi connectivity index (χ0v) is 16.3. The minimum Gasteiger partial charge on any atom is -0.480 e. The number of carbonyl (C=O) groups is 1. The van der Waals surface area contributed by atoms with Gasteiger partial charge in [0.15, 0.2) is 6.10 Å². The second-order valence-electron chi connectivity index (χ2n) is 7.56. The SMILES string of the molecule is C[C@@H](NC(=O)[C@H]1CC2(OCCO2)c2ccccc2O1)c1cccc2ccccc12. The van der Waals surface area contributed by atoms with Gasteiger partial charge >= 0.3 is 0 Å². The maximum Gasteiger partial charge on any atom is 0.261 e. The number of para-hydroxylation sites is 1. The van der Waals surface area contributed by atoms with Gasteiger partial charge in [0.1, 0.15) is 5.75 Å². The quantitative estimate of drug-likeness (QED) is 0.734. The first-order valence-electron chi connectivity index (χ1n) is 9.98. The number of carbonyl (C=O) groups excluding carboxylic acids is 1. The molecule has 0 saturated carbocycles. The van der Waals surface area contributed by atoms with Gasteiger partial charge in [-0.25, -0.2) is 0 Å². The van der Waals surface area contributed by atoms with E-state index >= 15 is 0 Å². The third-order valence-electron chi connectivity index (χ3n) is 5.72. The minimum absolute atomic E-state index is 0.157. The van der Waals surface area contributed by atoms with Crippen LogP contribution in [0.3, 0.4) is 0 Å². The van der Waals surface area contributed by atoms with Crippen molar-refractivity contribution < 1.29 is 19.0 Å². The summed E-state index contributed by atoms with van der Waals surface area (Å²) in [4.78, 5) is 13.1. The Morgan fingerprint density at radius 2 is 1.72 bits per heavy atom. The molecule has 5 nitrogen and oxygen atoms in total. The first-order chi connectivity index (χ1) is 14.2. The van der Waals surface area contributed by atoms with Gasteiger partial charge in [0.2, 0.25) is 5.79 Å². The van der Waals surface area contributed by atoms with Crippen molar-refractivity contribution in [3.05, 3.63) is 77.9 Å². The van der Waals surface area contributed by atoms with Crippen LogP contribution in [0.4, 0.5) is 0 Å². The van der Waals surface area contributed by atoms with Gasteiger partial charge in [-0.3, -0.25) is 4.79 Å². The first-order valence-corrected chi connectivity index (χ1v) is 9.98.